The molecule has 0 fully saturated rings. The van der Waals surface area contributed by atoms with Gasteiger partial charge in [-0.05, 0) is 35.9 Å². The molecule has 0 aliphatic rings. The summed E-state index contributed by atoms with van der Waals surface area (Å²) in [7, 11) is 0. The predicted octanol–water partition coefficient (Wildman–Crippen LogP) is 3.16. The number of hydrogen-bond donors (Lipinski definition) is 2. The summed E-state index contributed by atoms with van der Waals surface area (Å²) in [6, 6.07) is 7.66. The van der Waals surface area contributed by atoms with E-state index in [4.69, 9.17) is 4.42 Å². The normalized spacial score (nSPS) is 13.2. The molecule has 122 valence electrons. The van der Waals surface area contributed by atoms with Crippen LogP contribution in [0.4, 0.5) is 13.2 Å². The number of benzene rings is 1. The van der Waals surface area contributed by atoms with Gasteiger partial charge in [-0.3, -0.25) is 4.79 Å². The second kappa shape index (κ2) is 7.15. The lowest BCUT2D eigenvalue weighted by molar-refractivity contribution is -0.137. The van der Waals surface area contributed by atoms with Crippen molar-refractivity contribution in [3.8, 4) is 0 Å². The number of carbonyl (C=O) groups is 1. The molecule has 2 N–H and O–H groups in total. The van der Waals surface area contributed by atoms with E-state index in [9.17, 15) is 23.1 Å². The van der Waals surface area contributed by atoms with Crippen LogP contribution in [0.1, 0.15) is 23.0 Å². The van der Waals surface area contributed by atoms with Gasteiger partial charge in [-0.2, -0.15) is 13.2 Å². The molecule has 2 aromatic rings. The molecule has 1 aromatic carbocycles. The first-order valence-corrected chi connectivity index (χ1v) is 6.71. The van der Waals surface area contributed by atoms with Crippen molar-refractivity contribution in [2.75, 3.05) is 6.54 Å². The average molecular weight is 325 g/mol. The van der Waals surface area contributed by atoms with Gasteiger partial charge in [-0.15, -0.1) is 0 Å². The molecule has 23 heavy (non-hydrogen) atoms. The molecule has 0 saturated carbocycles. The van der Waals surface area contributed by atoms with Crippen molar-refractivity contribution in [1.29, 1.82) is 0 Å². The Bertz CT molecular complexity index is 678. The third-order valence-electron chi connectivity index (χ3n) is 3.01. The maximum Gasteiger partial charge on any atom is 0.416 e. The zero-order chi connectivity index (χ0) is 16.9. The van der Waals surface area contributed by atoms with Gasteiger partial charge in [0.25, 0.3) is 0 Å². The largest absolute Gasteiger partial charge is 0.465 e. The molecule has 4 nitrogen and oxygen atoms in total. The first-order valence-electron chi connectivity index (χ1n) is 6.71. The predicted molar refractivity (Wildman–Crippen MR) is 77.2 cm³/mol. The van der Waals surface area contributed by atoms with Crippen LogP contribution >= 0.6 is 0 Å². The van der Waals surface area contributed by atoms with Crippen LogP contribution in [0.2, 0.25) is 0 Å². The SMILES string of the molecule is O=C(/C=C/c1ccco1)NCC(O)c1cccc(C(F)(F)F)c1. The summed E-state index contributed by atoms with van der Waals surface area (Å²) in [5.41, 5.74) is -0.770. The molecule has 1 atom stereocenters. The van der Waals surface area contributed by atoms with Crippen LogP contribution in [0.5, 0.6) is 0 Å². The molecule has 0 spiro atoms. The van der Waals surface area contributed by atoms with E-state index < -0.39 is 23.8 Å². The lowest BCUT2D eigenvalue weighted by atomic mass is 10.1. The summed E-state index contributed by atoms with van der Waals surface area (Å²) >= 11 is 0. The van der Waals surface area contributed by atoms with E-state index in [1.165, 1.54) is 30.5 Å². The molecule has 0 bridgehead atoms. The number of halogens is 3. The van der Waals surface area contributed by atoms with Gasteiger partial charge in [0.05, 0.1) is 17.9 Å². The Labute approximate surface area is 130 Å². The Morgan fingerprint density at radius 3 is 2.74 bits per heavy atom. The Kier molecular flexibility index (Phi) is 5.23. The van der Waals surface area contributed by atoms with Crippen molar-refractivity contribution >= 4 is 12.0 Å². The van der Waals surface area contributed by atoms with E-state index in [0.717, 1.165) is 12.1 Å². The zero-order valence-electron chi connectivity index (χ0n) is 11.9. The molecule has 7 heteroatoms. The minimum absolute atomic E-state index is 0.0788. The molecular weight excluding hydrogens is 311 g/mol. The lowest BCUT2D eigenvalue weighted by Gasteiger charge is -2.14. The van der Waals surface area contributed by atoms with E-state index >= 15 is 0 Å². The third-order valence-corrected chi connectivity index (χ3v) is 3.01. The zero-order valence-corrected chi connectivity index (χ0v) is 11.9. The smallest absolute Gasteiger partial charge is 0.416 e. The molecular formula is C16H14F3NO3. The molecule has 0 radical (unpaired) electrons. The second-order valence-corrected chi connectivity index (χ2v) is 4.73. The van der Waals surface area contributed by atoms with E-state index in [-0.39, 0.29) is 12.1 Å². The van der Waals surface area contributed by atoms with Gasteiger partial charge < -0.3 is 14.8 Å². The number of amides is 1. The van der Waals surface area contributed by atoms with Crippen LogP contribution in [-0.4, -0.2) is 17.6 Å². The van der Waals surface area contributed by atoms with E-state index in [0.29, 0.717) is 5.76 Å². The average Bonchev–Trinajstić information content (AvgIpc) is 3.03. The topological polar surface area (TPSA) is 62.5 Å². The Morgan fingerprint density at radius 1 is 1.30 bits per heavy atom. The van der Waals surface area contributed by atoms with Crippen LogP contribution in [-0.2, 0) is 11.0 Å². The minimum Gasteiger partial charge on any atom is -0.465 e. The fourth-order valence-corrected chi connectivity index (χ4v) is 1.84. The summed E-state index contributed by atoms with van der Waals surface area (Å²) in [6.07, 6.45) is -1.62. The summed E-state index contributed by atoms with van der Waals surface area (Å²) < 4.78 is 42.8. The maximum absolute atomic E-state index is 12.6. The van der Waals surface area contributed by atoms with Crippen LogP contribution < -0.4 is 5.32 Å². The first-order chi connectivity index (χ1) is 10.9. The highest BCUT2D eigenvalue weighted by atomic mass is 19.4. The maximum atomic E-state index is 12.6. The molecule has 0 saturated heterocycles. The van der Waals surface area contributed by atoms with Gasteiger partial charge in [-0.1, -0.05) is 12.1 Å². The number of hydrogen-bond acceptors (Lipinski definition) is 3. The number of nitrogens with one attached hydrogen (secondary N) is 1. The van der Waals surface area contributed by atoms with Crippen molar-refractivity contribution in [3.05, 3.63) is 65.6 Å². The number of rotatable bonds is 5. The monoisotopic (exact) mass is 325 g/mol. The van der Waals surface area contributed by atoms with E-state index in [1.54, 1.807) is 12.1 Å². The number of aliphatic hydroxyl groups is 1. The van der Waals surface area contributed by atoms with Crippen LogP contribution in [0, 0.1) is 0 Å². The number of aliphatic hydroxyl groups excluding tert-OH is 1. The van der Waals surface area contributed by atoms with Crippen molar-refractivity contribution in [2.24, 2.45) is 0 Å². The standard InChI is InChI=1S/C16H14F3NO3/c17-16(18,19)12-4-1-3-11(9-12)14(21)10-20-15(22)7-6-13-5-2-8-23-13/h1-9,14,21H,10H2,(H,20,22)/b7-6+. The Balaban J connectivity index is 1.92. The van der Waals surface area contributed by atoms with Crippen LogP contribution in [0.3, 0.4) is 0 Å². The van der Waals surface area contributed by atoms with Gasteiger partial charge in [0, 0.05) is 12.6 Å². The first kappa shape index (κ1) is 16.8. The number of furan rings is 1. The second-order valence-electron chi connectivity index (χ2n) is 4.73. The number of carbonyl (C=O) groups excluding carboxylic acids is 1. The van der Waals surface area contributed by atoms with Gasteiger partial charge in [0.1, 0.15) is 5.76 Å². The Morgan fingerprint density at radius 2 is 2.09 bits per heavy atom. The summed E-state index contributed by atoms with van der Waals surface area (Å²) in [4.78, 5) is 11.6. The molecule has 2 rings (SSSR count). The fourth-order valence-electron chi connectivity index (χ4n) is 1.84. The van der Waals surface area contributed by atoms with E-state index in [2.05, 4.69) is 5.32 Å². The summed E-state index contributed by atoms with van der Waals surface area (Å²) in [6.45, 7) is -0.206. The summed E-state index contributed by atoms with van der Waals surface area (Å²) in [5.74, 6) is -0.00833. The third kappa shape index (κ3) is 5.00. The molecule has 1 amide bonds. The van der Waals surface area contributed by atoms with Crippen molar-refractivity contribution < 1.29 is 27.5 Å². The molecule has 1 aromatic heterocycles. The number of alkyl halides is 3. The van der Waals surface area contributed by atoms with Crippen LogP contribution in [0.15, 0.2) is 53.2 Å². The highest BCUT2D eigenvalue weighted by Gasteiger charge is 2.30. The highest BCUT2D eigenvalue weighted by molar-refractivity contribution is 5.91. The lowest BCUT2D eigenvalue weighted by Crippen LogP contribution is -2.26. The molecule has 0 aliphatic carbocycles. The minimum atomic E-state index is -4.48. The van der Waals surface area contributed by atoms with Gasteiger partial charge in [-0.25, -0.2) is 0 Å². The van der Waals surface area contributed by atoms with E-state index in [1.807, 2.05) is 0 Å². The van der Waals surface area contributed by atoms with Crippen molar-refractivity contribution in [2.45, 2.75) is 12.3 Å². The van der Waals surface area contributed by atoms with Crippen molar-refractivity contribution in [3.63, 3.8) is 0 Å². The highest BCUT2D eigenvalue weighted by Crippen LogP contribution is 2.30. The molecule has 0 aliphatic heterocycles. The Hall–Kier alpha value is -2.54. The fraction of sp³-hybridized carbons (Fsp3) is 0.188. The molecule has 1 unspecified atom stereocenters. The van der Waals surface area contributed by atoms with Crippen LogP contribution in [0.25, 0.3) is 6.08 Å². The van der Waals surface area contributed by atoms with Gasteiger partial charge >= 0.3 is 6.18 Å². The van der Waals surface area contributed by atoms with Gasteiger partial charge in [0.2, 0.25) is 5.91 Å². The molecule has 1 heterocycles. The quantitative estimate of drug-likeness (QED) is 0.830. The van der Waals surface area contributed by atoms with Crippen molar-refractivity contribution in [1.82, 2.24) is 5.32 Å². The summed E-state index contributed by atoms with van der Waals surface area (Å²) in [5, 5.41) is 12.3. The van der Waals surface area contributed by atoms with Gasteiger partial charge in [0.15, 0.2) is 0 Å².